The Hall–Kier alpha value is -3.26. The third-order valence-corrected chi connectivity index (χ3v) is 6.54. The highest BCUT2D eigenvalue weighted by molar-refractivity contribution is 8.32. The number of hydrogen-bond donors (Lipinski definition) is 2. The highest BCUT2D eigenvalue weighted by Crippen LogP contribution is 2.45. The molecule has 2 aromatic carbocycles. The van der Waals surface area contributed by atoms with Crippen LogP contribution in [0.4, 0.5) is 5.69 Å². The van der Waals surface area contributed by atoms with Gasteiger partial charge in [0.2, 0.25) is 5.91 Å². The quantitative estimate of drug-likeness (QED) is 0.534. The van der Waals surface area contributed by atoms with E-state index in [9.17, 15) is 9.59 Å². The lowest BCUT2D eigenvalue weighted by Gasteiger charge is -2.26. The molecule has 0 fully saturated rings. The Morgan fingerprint density at radius 2 is 1.72 bits per heavy atom. The fourth-order valence-corrected chi connectivity index (χ4v) is 4.08. The van der Waals surface area contributed by atoms with Gasteiger partial charge in [0.1, 0.15) is 17.6 Å². The summed E-state index contributed by atoms with van der Waals surface area (Å²) >= 11 is 0. The number of methoxy groups -OCH3 is 1. The maximum absolute atomic E-state index is 13.2. The van der Waals surface area contributed by atoms with E-state index >= 15 is 0 Å². The molecule has 8 heteroatoms. The van der Waals surface area contributed by atoms with E-state index in [2.05, 4.69) is 34.6 Å². The number of carbonyl (C=O) groups is 2. The number of nitrogens with one attached hydrogen (secondary N) is 2. The lowest BCUT2D eigenvalue weighted by molar-refractivity contribution is -0.126. The Morgan fingerprint density at radius 1 is 1.06 bits per heavy atom. The lowest BCUT2D eigenvalue weighted by Crippen LogP contribution is -2.37. The van der Waals surface area contributed by atoms with Crippen LogP contribution in [-0.4, -0.2) is 42.8 Å². The van der Waals surface area contributed by atoms with Crippen LogP contribution in [0.2, 0.25) is 0 Å². The average molecular weight is 456 g/mol. The highest BCUT2D eigenvalue weighted by Gasteiger charge is 2.24. The van der Waals surface area contributed by atoms with Gasteiger partial charge in [-0.3, -0.25) is 9.59 Å². The van der Waals surface area contributed by atoms with Gasteiger partial charge in [-0.05, 0) is 72.5 Å². The molecule has 1 aromatic heterocycles. The first kappa shape index (κ1) is 23.4. The fourth-order valence-electron chi connectivity index (χ4n) is 3.13. The molecule has 0 aliphatic rings. The molecule has 0 saturated heterocycles. The minimum absolute atomic E-state index is 0.0101. The summed E-state index contributed by atoms with van der Waals surface area (Å²) in [4.78, 5) is 27.0. The summed E-state index contributed by atoms with van der Waals surface area (Å²) in [5.74, 6) is 0.419. The molecule has 0 aliphatic carbocycles. The van der Waals surface area contributed by atoms with Crippen molar-refractivity contribution in [1.82, 2.24) is 10.5 Å². The summed E-state index contributed by atoms with van der Waals surface area (Å²) in [6, 6.07) is 15.7. The van der Waals surface area contributed by atoms with E-state index in [1.165, 1.54) is 4.90 Å². The molecule has 1 unspecified atom stereocenters. The van der Waals surface area contributed by atoms with Gasteiger partial charge < -0.3 is 19.9 Å². The second kappa shape index (κ2) is 9.91. The number of aromatic nitrogens is 1. The topological polar surface area (TPSA) is 93.5 Å². The molecule has 3 aromatic rings. The number of hydrogen-bond acceptors (Lipinski definition) is 5. The molecule has 2 N–H and O–H groups in total. The number of nitrogens with zero attached hydrogens (tertiary/aromatic N) is 1. The van der Waals surface area contributed by atoms with Crippen LogP contribution in [-0.2, 0) is 16.0 Å². The smallest absolute Gasteiger partial charge is 0.251 e. The molecule has 170 valence electrons. The molecule has 0 bridgehead atoms. The van der Waals surface area contributed by atoms with Crippen LogP contribution in [0.25, 0.3) is 0 Å². The zero-order valence-electron chi connectivity index (χ0n) is 19.0. The Labute approximate surface area is 189 Å². The lowest BCUT2D eigenvalue weighted by atomic mass is 10.1. The van der Waals surface area contributed by atoms with E-state index in [0.717, 1.165) is 0 Å². The van der Waals surface area contributed by atoms with Gasteiger partial charge in [0.05, 0.1) is 19.2 Å². The molecule has 0 aliphatic heterocycles. The van der Waals surface area contributed by atoms with E-state index < -0.39 is 16.1 Å². The maximum Gasteiger partial charge on any atom is 0.251 e. The Bertz CT molecular complexity index is 1070. The van der Waals surface area contributed by atoms with Crippen LogP contribution in [0.5, 0.6) is 5.75 Å². The monoisotopic (exact) mass is 455 g/mol. The van der Waals surface area contributed by atoms with Gasteiger partial charge in [0, 0.05) is 11.8 Å². The summed E-state index contributed by atoms with van der Waals surface area (Å²) in [7, 11) is 0.719. The third kappa shape index (κ3) is 6.13. The first-order chi connectivity index (χ1) is 15.2. The van der Waals surface area contributed by atoms with Crippen molar-refractivity contribution in [2.24, 2.45) is 0 Å². The molecule has 0 saturated carbocycles. The first-order valence-electron chi connectivity index (χ1n) is 10.1. The van der Waals surface area contributed by atoms with Crippen molar-refractivity contribution in [1.29, 1.82) is 0 Å². The summed E-state index contributed by atoms with van der Waals surface area (Å²) in [5, 5.41) is 9.51. The van der Waals surface area contributed by atoms with Crippen molar-refractivity contribution in [3.8, 4) is 5.75 Å². The Balaban J connectivity index is 1.78. The van der Waals surface area contributed by atoms with E-state index in [1.807, 2.05) is 24.3 Å². The maximum atomic E-state index is 13.2. The average Bonchev–Trinajstić information content (AvgIpc) is 3.16. The number of carbonyl (C=O) groups excluding carboxylic acids is 2. The summed E-state index contributed by atoms with van der Waals surface area (Å²) in [5.41, 5.74) is 2.00. The van der Waals surface area contributed by atoms with Crippen molar-refractivity contribution in [3.05, 3.63) is 71.6 Å². The molecule has 32 heavy (non-hydrogen) atoms. The number of benzene rings is 2. The molecular weight excluding hydrogens is 426 g/mol. The van der Waals surface area contributed by atoms with Crippen molar-refractivity contribution in [3.63, 3.8) is 0 Å². The van der Waals surface area contributed by atoms with E-state index in [-0.39, 0.29) is 18.2 Å². The van der Waals surface area contributed by atoms with Crippen LogP contribution in [0.1, 0.15) is 23.1 Å². The largest absolute Gasteiger partial charge is 0.497 e. The molecule has 7 nitrogen and oxygen atoms in total. The molecule has 1 atom stereocenters. The van der Waals surface area contributed by atoms with Gasteiger partial charge in [-0.1, -0.05) is 17.3 Å². The zero-order valence-corrected chi connectivity index (χ0v) is 19.8. The third-order valence-electron chi connectivity index (χ3n) is 4.86. The molecule has 1 heterocycles. The van der Waals surface area contributed by atoms with Gasteiger partial charge in [0.15, 0.2) is 0 Å². The number of anilines is 1. The highest BCUT2D eigenvalue weighted by atomic mass is 32.3. The minimum atomic E-state index is -0.884. The van der Waals surface area contributed by atoms with Gasteiger partial charge in [0.25, 0.3) is 5.91 Å². The first-order valence-corrected chi connectivity index (χ1v) is 13.0. The number of ether oxygens (including phenoxy) is 1. The standard InChI is InChI=1S/C24H29N3O4S/c1-16-14-20(31-27-16)15-22(28)26-23(17-6-10-19(30-2)11-7-17)24(29)25-18-8-12-21(13-9-18)32(3,4)5/h6-14,23H,15H2,1-5H3,(H,25,29)(H,26,28). The van der Waals surface area contributed by atoms with Gasteiger partial charge in [-0.15, -0.1) is 0 Å². The SMILES string of the molecule is COc1ccc(C(NC(=O)Cc2cc(C)no2)C(=O)Nc2ccc(S(C)(C)C)cc2)cc1. The van der Waals surface area contributed by atoms with Crippen molar-refractivity contribution < 1.29 is 18.8 Å². The minimum Gasteiger partial charge on any atom is -0.497 e. The molecular formula is C24H29N3O4S. The number of amides is 2. The Kier molecular flexibility index (Phi) is 7.25. The second-order valence-electron chi connectivity index (χ2n) is 8.24. The predicted octanol–water partition coefficient (Wildman–Crippen LogP) is 4.08. The van der Waals surface area contributed by atoms with E-state index in [4.69, 9.17) is 9.26 Å². The van der Waals surface area contributed by atoms with Crippen molar-refractivity contribution >= 4 is 27.5 Å². The van der Waals surface area contributed by atoms with Crippen LogP contribution in [0.3, 0.4) is 0 Å². The van der Waals surface area contributed by atoms with E-state index in [0.29, 0.717) is 28.5 Å². The predicted molar refractivity (Wildman–Crippen MR) is 128 cm³/mol. The molecule has 0 radical (unpaired) electrons. The summed E-state index contributed by atoms with van der Waals surface area (Å²) in [6.07, 6.45) is 6.63. The van der Waals surface area contributed by atoms with Crippen LogP contribution in [0.15, 0.2) is 64.0 Å². The molecule has 3 rings (SSSR count). The Morgan fingerprint density at radius 3 is 2.25 bits per heavy atom. The molecule has 0 spiro atoms. The van der Waals surface area contributed by atoms with Crippen LogP contribution in [0, 0.1) is 6.92 Å². The van der Waals surface area contributed by atoms with E-state index in [1.54, 1.807) is 44.4 Å². The molecule has 2 amide bonds. The fraction of sp³-hybridized carbons (Fsp3) is 0.292. The second-order valence-corrected chi connectivity index (χ2v) is 12.4. The van der Waals surface area contributed by atoms with Crippen LogP contribution >= 0.6 is 10.0 Å². The van der Waals surface area contributed by atoms with Gasteiger partial charge in [-0.25, -0.2) is 10.0 Å². The van der Waals surface area contributed by atoms with Crippen molar-refractivity contribution in [2.45, 2.75) is 24.3 Å². The zero-order chi connectivity index (χ0) is 23.3. The number of rotatable bonds is 8. The van der Waals surface area contributed by atoms with Crippen LogP contribution < -0.4 is 15.4 Å². The summed E-state index contributed by atoms with van der Waals surface area (Å²) in [6.45, 7) is 1.78. The summed E-state index contributed by atoms with van der Waals surface area (Å²) < 4.78 is 10.3. The normalized spacial score (nSPS) is 12.7. The van der Waals surface area contributed by atoms with Crippen molar-refractivity contribution in [2.75, 3.05) is 31.2 Å². The van der Waals surface area contributed by atoms with Gasteiger partial charge >= 0.3 is 0 Å². The number of aryl methyl sites for hydroxylation is 1. The van der Waals surface area contributed by atoms with Gasteiger partial charge in [-0.2, -0.15) is 0 Å².